The molecule has 1 N–H and O–H groups in total. The summed E-state index contributed by atoms with van der Waals surface area (Å²) in [6.45, 7) is 4.62. The molecule has 0 fully saturated rings. The Morgan fingerprint density at radius 1 is 1.36 bits per heavy atom. The van der Waals surface area contributed by atoms with Crippen LogP contribution in [0.4, 0.5) is 0 Å². The van der Waals surface area contributed by atoms with E-state index in [9.17, 15) is 4.79 Å². The molecule has 0 heterocycles. The number of rotatable bonds is 7. The quantitative estimate of drug-likeness (QED) is 0.302. The van der Waals surface area contributed by atoms with Crippen LogP contribution in [0.5, 0.6) is 0 Å². The summed E-state index contributed by atoms with van der Waals surface area (Å²) in [5.41, 5.74) is 0. The van der Waals surface area contributed by atoms with Crippen LogP contribution in [0, 0.1) is 0 Å². The molecule has 0 unspecified atom stereocenters. The summed E-state index contributed by atoms with van der Waals surface area (Å²) in [5.74, 6) is -0.716. The molecule has 0 spiro atoms. The highest BCUT2D eigenvalue weighted by atomic mass is 28.1. The van der Waals surface area contributed by atoms with Crippen molar-refractivity contribution in [2.75, 3.05) is 6.61 Å². The van der Waals surface area contributed by atoms with Crippen molar-refractivity contribution in [1.82, 2.24) is 0 Å². The zero-order chi connectivity index (χ0) is 11.0. The lowest BCUT2D eigenvalue weighted by atomic mass is 10.3. The van der Waals surface area contributed by atoms with Gasteiger partial charge in [-0.25, -0.2) is 4.79 Å². The average Bonchev–Trinajstić information content (AvgIpc) is 2.12. The molecule has 0 radical (unpaired) electrons. The molecule has 0 saturated heterocycles. The maximum Gasteiger partial charge on any atom is 0.370 e. The van der Waals surface area contributed by atoms with E-state index in [-0.39, 0.29) is 5.76 Å². The van der Waals surface area contributed by atoms with Gasteiger partial charge in [-0.05, 0) is 18.0 Å². The highest BCUT2D eigenvalue weighted by Crippen LogP contribution is 2.10. The number of unbranched alkanes of at least 4 members (excludes halogenated alkanes) is 1. The fourth-order valence-corrected chi connectivity index (χ4v) is 2.03. The Morgan fingerprint density at radius 2 is 2.00 bits per heavy atom. The van der Waals surface area contributed by atoms with Gasteiger partial charge in [0.1, 0.15) is 0 Å². The summed E-state index contributed by atoms with van der Waals surface area (Å²) in [6.07, 6.45) is 3.77. The second kappa shape index (κ2) is 7.61. The van der Waals surface area contributed by atoms with Gasteiger partial charge in [-0.15, -0.1) is 0 Å². The molecule has 0 rings (SSSR count). The molecule has 0 saturated carbocycles. The molecule has 82 valence electrons. The number of carboxylic acid groups (broad SMARTS) is 1. The van der Waals surface area contributed by atoms with E-state index in [0.717, 1.165) is 41.1 Å². The minimum absolute atomic E-state index is 0.201. The number of allylic oxidation sites excluding steroid dienone is 1. The summed E-state index contributed by atoms with van der Waals surface area (Å²) >= 11 is 0. The Balaban J connectivity index is 4.27. The van der Waals surface area contributed by atoms with E-state index in [1.807, 2.05) is 6.92 Å². The molecule has 0 aliphatic heterocycles. The molecule has 0 atom stereocenters. The highest BCUT2D eigenvalue weighted by Gasteiger charge is 2.11. The van der Waals surface area contributed by atoms with E-state index >= 15 is 0 Å². The van der Waals surface area contributed by atoms with Gasteiger partial charge in [-0.2, -0.15) is 0 Å². The summed E-state index contributed by atoms with van der Waals surface area (Å²) in [7, 11) is 0.772. The number of aliphatic carboxylic acids is 1. The zero-order valence-electron chi connectivity index (χ0n) is 9.30. The first-order valence-electron chi connectivity index (χ1n) is 5.19. The SMILES string of the molecule is CCCCO/C(C(=O)O)=C(/[SiH3])CCC. The molecular weight excluding hydrogens is 196 g/mol. The normalized spacial score (nSPS) is 12.4. The van der Waals surface area contributed by atoms with Gasteiger partial charge in [-0.3, -0.25) is 0 Å². The van der Waals surface area contributed by atoms with Crippen molar-refractivity contribution in [2.45, 2.75) is 39.5 Å². The van der Waals surface area contributed by atoms with Gasteiger partial charge in [-0.1, -0.05) is 26.7 Å². The third kappa shape index (κ3) is 5.06. The van der Waals surface area contributed by atoms with Crippen molar-refractivity contribution >= 4 is 16.2 Å². The van der Waals surface area contributed by atoms with Crippen molar-refractivity contribution in [3.63, 3.8) is 0 Å². The molecule has 0 aromatic heterocycles. The van der Waals surface area contributed by atoms with Crippen LogP contribution >= 0.6 is 0 Å². The van der Waals surface area contributed by atoms with E-state index in [4.69, 9.17) is 9.84 Å². The molecule has 0 amide bonds. The van der Waals surface area contributed by atoms with Crippen LogP contribution in [0.1, 0.15) is 39.5 Å². The van der Waals surface area contributed by atoms with Crippen molar-refractivity contribution in [3.8, 4) is 0 Å². The third-order valence-corrected chi connectivity index (χ3v) is 2.91. The molecule has 0 aliphatic rings. The number of carboxylic acids is 1. The summed E-state index contributed by atoms with van der Waals surface area (Å²) in [4.78, 5) is 10.8. The molecule has 0 aliphatic carbocycles. The van der Waals surface area contributed by atoms with Crippen molar-refractivity contribution in [2.24, 2.45) is 0 Å². The van der Waals surface area contributed by atoms with Crippen LogP contribution in [0.25, 0.3) is 0 Å². The van der Waals surface area contributed by atoms with E-state index in [1.165, 1.54) is 0 Å². The largest absolute Gasteiger partial charge is 0.487 e. The van der Waals surface area contributed by atoms with Gasteiger partial charge in [0, 0.05) is 10.2 Å². The Kier molecular flexibility index (Phi) is 7.19. The summed E-state index contributed by atoms with van der Waals surface area (Å²) < 4.78 is 5.27. The van der Waals surface area contributed by atoms with Crippen LogP contribution < -0.4 is 0 Å². The van der Waals surface area contributed by atoms with Crippen LogP contribution in [0.3, 0.4) is 0 Å². The standard InChI is InChI=1S/C10H20O3Si/c1-3-5-7-13-9(10(11)12)8(14)6-4-2/h3-7H2,1-2,14H3,(H,11,12)/b9-8+. The van der Waals surface area contributed by atoms with Crippen LogP contribution in [0.2, 0.25) is 0 Å². The minimum Gasteiger partial charge on any atom is -0.487 e. The summed E-state index contributed by atoms with van der Waals surface area (Å²) in [5, 5.41) is 9.88. The second-order valence-electron chi connectivity index (χ2n) is 3.37. The van der Waals surface area contributed by atoms with Crippen molar-refractivity contribution in [3.05, 3.63) is 11.0 Å². The molecular formula is C10H20O3Si. The smallest absolute Gasteiger partial charge is 0.370 e. The Bertz CT molecular complexity index is 211. The van der Waals surface area contributed by atoms with Gasteiger partial charge in [0.05, 0.1) is 6.61 Å². The first-order chi connectivity index (χ1) is 6.63. The molecule has 0 aromatic carbocycles. The van der Waals surface area contributed by atoms with E-state index < -0.39 is 5.97 Å². The fraction of sp³-hybridized carbons (Fsp3) is 0.700. The first kappa shape index (κ1) is 13.2. The van der Waals surface area contributed by atoms with Crippen LogP contribution in [0.15, 0.2) is 11.0 Å². The number of hydrogen-bond donors (Lipinski definition) is 1. The number of hydrogen-bond acceptors (Lipinski definition) is 2. The highest BCUT2D eigenvalue weighted by molar-refractivity contribution is 6.23. The van der Waals surface area contributed by atoms with Crippen LogP contribution in [-0.2, 0) is 9.53 Å². The minimum atomic E-state index is -0.917. The van der Waals surface area contributed by atoms with Gasteiger partial charge in [0.15, 0.2) is 5.76 Å². The maximum atomic E-state index is 10.8. The Labute approximate surface area is 88.6 Å². The number of carbonyl (C=O) groups is 1. The molecule has 14 heavy (non-hydrogen) atoms. The predicted molar refractivity (Wildman–Crippen MR) is 60.4 cm³/mol. The molecule has 4 heteroatoms. The fourth-order valence-electron chi connectivity index (χ4n) is 1.17. The topological polar surface area (TPSA) is 46.5 Å². The monoisotopic (exact) mass is 216 g/mol. The van der Waals surface area contributed by atoms with E-state index in [2.05, 4.69) is 6.92 Å². The third-order valence-electron chi connectivity index (χ3n) is 1.95. The Morgan fingerprint density at radius 3 is 2.43 bits per heavy atom. The van der Waals surface area contributed by atoms with Gasteiger partial charge >= 0.3 is 5.97 Å². The van der Waals surface area contributed by atoms with Crippen molar-refractivity contribution < 1.29 is 14.6 Å². The molecule has 0 bridgehead atoms. The summed E-state index contributed by atoms with van der Waals surface area (Å²) in [6, 6.07) is 0. The first-order valence-corrected chi connectivity index (χ1v) is 6.19. The Hall–Kier alpha value is -0.773. The van der Waals surface area contributed by atoms with Gasteiger partial charge in [0.2, 0.25) is 0 Å². The van der Waals surface area contributed by atoms with E-state index in [0.29, 0.717) is 6.61 Å². The van der Waals surface area contributed by atoms with Crippen molar-refractivity contribution in [1.29, 1.82) is 0 Å². The second-order valence-corrected chi connectivity index (χ2v) is 4.57. The maximum absolute atomic E-state index is 10.8. The predicted octanol–water partition coefficient (Wildman–Crippen LogP) is 1.26. The van der Waals surface area contributed by atoms with Gasteiger partial charge < -0.3 is 9.84 Å². The lowest BCUT2D eigenvalue weighted by Gasteiger charge is -2.09. The lowest BCUT2D eigenvalue weighted by Crippen LogP contribution is -2.10. The lowest BCUT2D eigenvalue weighted by molar-refractivity contribution is -0.136. The zero-order valence-corrected chi connectivity index (χ0v) is 11.3. The molecule has 0 aromatic rings. The average molecular weight is 216 g/mol. The van der Waals surface area contributed by atoms with E-state index in [1.54, 1.807) is 0 Å². The van der Waals surface area contributed by atoms with Gasteiger partial charge in [0.25, 0.3) is 0 Å². The number of ether oxygens (including phenoxy) is 1. The molecule has 3 nitrogen and oxygen atoms in total. The van der Waals surface area contributed by atoms with Crippen LogP contribution in [-0.4, -0.2) is 27.9 Å².